The minimum Gasteiger partial charge on any atom is -0.324 e. The second-order valence-electron chi connectivity index (χ2n) is 7.62. The van der Waals surface area contributed by atoms with E-state index in [-0.39, 0.29) is 11.7 Å². The van der Waals surface area contributed by atoms with Crippen molar-refractivity contribution in [3.05, 3.63) is 113 Å². The molecule has 0 aliphatic carbocycles. The van der Waals surface area contributed by atoms with Crippen LogP contribution in [0.25, 0.3) is 5.69 Å². The lowest BCUT2D eigenvalue weighted by Crippen LogP contribution is -2.33. The van der Waals surface area contributed by atoms with E-state index in [9.17, 15) is 9.18 Å². The highest BCUT2D eigenvalue weighted by Crippen LogP contribution is 2.21. The molecule has 1 atom stereocenters. The van der Waals surface area contributed by atoms with Crippen LogP contribution in [0.3, 0.4) is 0 Å². The van der Waals surface area contributed by atoms with Gasteiger partial charge < -0.3 is 5.32 Å². The standard InChI is InChI=1S/C26H25FN4O/c1-18-24(19(2)31(30-18)23-11-7-4-8-12-23)17-28-25(20-9-5-3-6-10-20)26(32)29-22-15-13-21(27)14-16-22/h3-16,25,28H,17H2,1-2H3,(H,29,32)/t25-/m1/s1. The number of hydrogen-bond acceptors (Lipinski definition) is 3. The third-order valence-corrected chi connectivity index (χ3v) is 5.43. The van der Waals surface area contributed by atoms with Gasteiger partial charge in [0.25, 0.3) is 0 Å². The van der Waals surface area contributed by atoms with Crippen LogP contribution in [0.15, 0.2) is 84.9 Å². The molecule has 2 N–H and O–H groups in total. The fraction of sp³-hybridized carbons (Fsp3) is 0.154. The number of amides is 1. The van der Waals surface area contributed by atoms with E-state index in [0.29, 0.717) is 12.2 Å². The van der Waals surface area contributed by atoms with E-state index in [4.69, 9.17) is 5.10 Å². The van der Waals surface area contributed by atoms with Gasteiger partial charge in [-0.1, -0.05) is 48.5 Å². The van der Waals surface area contributed by atoms with Gasteiger partial charge in [0.15, 0.2) is 0 Å². The van der Waals surface area contributed by atoms with Crippen molar-refractivity contribution in [2.24, 2.45) is 0 Å². The van der Waals surface area contributed by atoms with Crippen molar-refractivity contribution in [3.8, 4) is 5.69 Å². The molecule has 0 saturated carbocycles. The first-order valence-electron chi connectivity index (χ1n) is 10.5. The summed E-state index contributed by atoms with van der Waals surface area (Å²) in [4.78, 5) is 13.1. The molecule has 4 aromatic rings. The average Bonchev–Trinajstić information content (AvgIpc) is 3.10. The summed E-state index contributed by atoms with van der Waals surface area (Å²) in [6, 6.07) is 24.7. The average molecular weight is 429 g/mol. The monoisotopic (exact) mass is 428 g/mol. The summed E-state index contributed by atoms with van der Waals surface area (Å²) >= 11 is 0. The molecule has 0 radical (unpaired) electrons. The van der Waals surface area contributed by atoms with Gasteiger partial charge in [0, 0.05) is 23.5 Å². The Bertz CT molecular complexity index is 1190. The highest BCUT2D eigenvalue weighted by Gasteiger charge is 2.22. The van der Waals surface area contributed by atoms with Gasteiger partial charge >= 0.3 is 0 Å². The zero-order chi connectivity index (χ0) is 22.5. The molecule has 0 aliphatic rings. The Morgan fingerprint density at radius 2 is 1.56 bits per heavy atom. The molecule has 0 aliphatic heterocycles. The molecule has 1 aromatic heterocycles. The first kappa shape index (κ1) is 21.5. The lowest BCUT2D eigenvalue weighted by Gasteiger charge is -2.19. The maximum atomic E-state index is 13.2. The lowest BCUT2D eigenvalue weighted by molar-refractivity contribution is -0.118. The van der Waals surface area contributed by atoms with Crippen LogP contribution in [0.2, 0.25) is 0 Å². The molecule has 3 aromatic carbocycles. The number of benzene rings is 3. The van der Waals surface area contributed by atoms with Crippen molar-refractivity contribution < 1.29 is 9.18 Å². The number of aryl methyl sites for hydroxylation is 1. The van der Waals surface area contributed by atoms with Crippen molar-refractivity contribution in [1.82, 2.24) is 15.1 Å². The molecule has 0 saturated heterocycles. The summed E-state index contributed by atoms with van der Waals surface area (Å²) < 4.78 is 15.1. The third kappa shape index (κ3) is 4.76. The van der Waals surface area contributed by atoms with E-state index in [1.807, 2.05) is 79.2 Å². The summed E-state index contributed by atoms with van der Waals surface area (Å²) in [7, 11) is 0. The van der Waals surface area contributed by atoms with Crippen LogP contribution >= 0.6 is 0 Å². The van der Waals surface area contributed by atoms with Crippen LogP contribution in [0.4, 0.5) is 10.1 Å². The molecular formula is C26H25FN4O. The zero-order valence-electron chi connectivity index (χ0n) is 18.0. The van der Waals surface area contributed by atoms with Gasteiger partial charge in [-0.25, -0.2) is 9.07 Å². The van der Waals surface area contributed by atoms with Crippen LogP contribution in [0, 0.1) is 19.7 Å². The highest BCUT2D eigenvalue weighted by molar-refractivity contribution is 5.95. The number of carbonyl (C=O) groups is 1. The van der Waals surface area contributed by atoms with Gasteiger partial charge in [-0.15, -0.1) is 0 Å². The summed E-state index contributed by atoms with van der Waals surface area (Å²) in [5, 5.41) is 11.0. The van der Waals surface area contributed by atoms with E-state index in [0.717, 1.165) is 28.2 Å². The van der Waals surface area contributed by atoms with E-state index in [1.54, 1.807) is 12.1 Å². The van der Waals surface area contributed by atoms with Crippen molar-refractivity contribution >= 4 is 11.6 Å². The molecule has 0 spiro atoms. The fourth-order valence-electron chi connectivity index (χ4n) is 3.71. The van der Waals surface area contributed by atoms with Gasteiger partial charge in [-0.3, -0.25) is 10.1 Å². The van der Waals surface area contributed by atoms with Gasteiger partial charge in [0.05, 0.1) is 11.4 Å². The molecule has 0 bridgehead atoms. The minimum atomic E-state index is -0.583. The number of anilines is 1. The van der Waals surface area contributed by atoms with Gasteiger partial charge in [0.2, 0.25) is 5.91 Å². The summed E-state index contributed by atoms with van der Waals surface area (Å²) in [6.07, 6.45) is 0. The highest BCUT2D eigenvalue weighted by atomic mass is 19.1. The van der Waals surface area contributed by atoms with Crippen LogP contribution < -0.4 is 10.6 Å². The maximum absolute atomic E-state index is 13.2. The molecule has 0 unspecified atom stereocenters. The normalized spacial score (nSPS) is 11.8. The first-order chi connectivity index (χ1) is 15.5. The Labute approximate surface area is 186 Å². The SMILES string of the molecule is Cc1nn(-c2ccccc2)c(C)c1CN[C@@H](C(=O)Nc1ccc(F)cc1)c1ccccc1. The molecule has 162 valence electrons. The molecule has 4 rings (SSSR count). The van der Waals surface area contributed by atoms with E-state index < -0.39 is 6.04 Å². The van der Waals surface area contributed by atoms with E-state index in [1.165, 1.54) is 12.1 Å². The molecule has 1 heterocycles. The maximum Gasteiger partial charge on any atom is 0.246 e. The first-order valence-corrected chi connectivity index (χ1v) is 10.5. The number of nitrogens with one attached hydrogen (secondary N) is 2. The van der Waals surface area contributed by atoms with Crippen molar-refractivity contribution in [1.29, 1.82) is 0 Å². The van der Waals surface area contributed by atoms with Gasteiger partial charge in [0.1, 0.15) is 11.9 Å². The topological polar surface area (TPSA) is 59.0 Å². The molecule has 32 heavy (non-hydrogen) atoms. The van der Waals surface area contributed by atoms with E-state index in [2.05, 4.69) is 10.6 Å². The van der Waals surface area contributed by atoms with Gasteiger partial charge in [-0.05, 0) is 55.8 Å². The van der Waals surface area contributed by atoms with Crippen LogP contribution in [-0.4, -0.2) is 15.7 Å². The number of nitrogens with zero attached hydrogens (tertiary/aromatic N) is 2. The molecule has 6 heteroatoms. The second kappa shape index (κ2) is 9.58. The van der Waals surface area contributed by atoms with Crippen LogP contribution in [-0.2, 0) is 11.3 Å². The quantitative estimate of drug-likeness (QED) is 0.431. The zero-order valence-corrected chi connectivity index (χ0v) is 18.0. The number of rotatable bonds is 7. The van der Waals surface area contributed by atoms with Crippen molar-refractivity contribution in [2.45, 2.75) is 26.4 Å². The molecule has 0 fully saturated rings. The number of para-hydroxylation sites is 1. The third-order valence-electron chi connectivity index (χ3n) is 5.43. The number of hydrogen-bond donors (Lipinski definition) is 2. The van der Waals surface area contributed by atoms with E-state index >= 15 is 0 Å². The largest absolute Gasteiger partial charge is 0.324 e. The predicted octanol–water partition coefficient (Wildman–Crippen LogP) is 5.10. The fourth-order valence-corrected chi connectivity index (χ4v) is 3.71. The molecule has 1 amide bonds. The number of aromatic nitrogens is 2. The Morgan fingerprint density at radius 1 is 0.938 bits per heavy atom. The van der Waals surface area contributed by atoms with Gasteiger partial charge in [-0.2, -0.15) is 5.10 Å². The summed E-state index contributed by atoms with van der Waals surface area (Å²) in [6.45, 7) is 4.47. The Morgan fingerprint density at radius 3 is 2.22 bits per heavy atom. The van der Waals surface area contributed by atoms with Crippen molar-refractivity contribution in [3.63, 3.8) is 0 Å². The minimum absolute atomic E-state index is 0.214. The predicted molar refractivity (Wildman–Crippen MR) is 124 cm³/mol. The second-order valence-corrected chi connectivity index (χ2v) is 7.62. The number of halogens is 1. The van der Waals surface area contributed by atoms with Crippen molar-refractivity contribution in [2.75, 3.05) is 5.32 Å². The smallest absolute Gasteiger partial charge is 0.246 e. The Kier molecular flexibility index (Phi) is 6.42. The van der Waals surface area contributed by atoms with Crippen LogP contribution in [0.1, 0.15) is 28.6 Å². The summed E-state index contributed by atoms with van der Waals surface area (Å²) in [5.41, 5.74) is 5.36. The van der Waals surface area contributed by atoms with Crippen LogP contribution in [0.5, 0.6) is 0 Å². The Hall–Kier alpha value is -3.77. The molecule has 5 nitrogen and oxygen atoms in total. The lowest BCUT2D eigenvalue weighted by atomic mass is 10.0. The summed E-state index contributed by atoms with van der Waals surface area (Å²) in [5.74, 6) is -0.560. The molecular weight excluding hydrogens is 403 g/mol. The number of carbonyl (C=O) groups excluding carboxylic acids is 1. The Balaban J connectivity index is 1.57.